The van der Waals surface area contributed by atoms with Gasteiger partial charge in [-0.05, 0) is 67.9 Å². The van der Waals surface area contributed by atoms with Crippen molar-refractivity contribution < 1.29 is 12.9 Å². The minimum Gasteiger partial charge on any atom is -0.339 e. The third-order valence-electron chi connectivity index (χ3n) is 5.38. The first kappa shape index (κ1) is 20.3. The van der Waals surface area contributed by atoms with Crippen molar-refractivity contribution in [3.63, 3.8) is 0 Å². The minimum absolute atomic E-state index is 0.211. The maximum absolute atomic E-state index is 11.6. The second-order valence-corrected chi connectivity index (χ2v) is 9.63. The van der Waals surface area contributed by atoms with E-state index in [1.807, 2.05) is 24.3 Å². The Balaban J connectivity index is 1.38. The van der Waals surface area contributed by atoms with Crippen LogP contribution in [0.25, 0.3) is 11.4 Å². The lowest BCUT2D eigenvalue weighted by atomic mass is 9.96. The van der Waals surface area contributed by atoms with Gasteiger partial charge in [0.1, 0.15) is 0 Å². The third-order valence-corrected chi connectivity index (χ3v) is 6.51. The molecule has 30 heavy (non-hydrogen) atoms. The summed E-state index contributed by atoms with van der Waals surface area (Å²) in [5, 5.41) is 13.1. The molecule has 1 aromatic heterocycles. The maximum Gasteiger partial charge on any atom is 0.230 e. The molecule has 0 unspecified atom stereocenters. The summed E-state index contributed by atoms with van der Waals surface area (Å²) < 4.78 is 28.7. The fourth-order valence-corrected chi connectivity index (χ4v) is 4.34. The Bertz CT molecular complexity index is 1170. The van der Waals surface area contributed by atoms with Crippen LogP contribution in [-0.2, 0) is 16.4 Å². The normalized spacial score (nSPS) is 15.7. The molecule has 0 bridgehead atoms. The van der Waals surface area contributed by atoms with Gasteiger partial charge < -0.3 is 4.52 Å². The van der Waals surface area contributed by atoms with Gasteiger partial charge in [0.05, 0.1) is 16.5 Å². The minimum atomic E-state index is -3.23. The third kappa shape index (κ3) is 4.58. The molecule has 1 saturated heterocycles. The topological polar surface area (TPSA) is 100 Å². The zero-order chi connectivity index (χ0) is 21.1. The van der Waals surface area contributed by atoms with Crippen LogP contribution in [0.15, 0.2) is 57.9 Å². The molecule has 7 nitrogen and oxygen atoms in total. The number of sulfone groups is 1. The SMILES string of the molecule is CS(=O)(=O)c1ccc(-c2noc(C3CCN(Cc4cccc(C#N)c4)CC3)n2)cc1. The molecule has 3 aromatic rings. The van der Waals surface area contributed by atoms with Crippen molar-refractivity contribution in [3.05, 3.63) is 65.5 Å². The van der Waals surface area contributed by atoms with Crippen molar-refractivity contribution in [1.29, 1.82) is 5.26 Å². The van der Waals surface area contributed by atoms with Crippen molar-refractivity contribution in [2.75, 3.05) is 19.3 Å². The van der Waals surface area contributed by atoms with Crippen LogP contribution in [-0.4, -0.2) is 42.8 Å². The first-order chi connectivity index (χ1) is 14.4. The van der Waals surface area contributed by atoms with E-state index in [0.29, 0.717) is 17.3 Å². The number of hydrogen-bond acceptors (Lipinski definition) is 7. The smallest absolute Gasteiger partial charge is 0.230 e. The molecule has 1 fully saturated rings. The molecule has 0 N–H and O–H groups in total. The predicted octanol–water partition coefficient (Wildman–Crippen LogP) is 3.39. The van der Waals surface area contributed by atoms with Gasteiger partial charge in [-0.15, -0.1) is 0 Å². The summed E-state index contributed by atoms with van der Waals surface area (Å²) in [6.45, 7) is 2.66. The highest BCUT2D eigenvalue weighted by Crippen LogP contribution is 2.29. The van der Waals surface area contributed by atoms with E-state index < -0.39 is 9.84 Å². The van der Waals surface area contributed by atoms with E-state index in [4.69, 9.17) is 9.78 Å². The molecule has 1 aliphatic heterocycles. The molecule has 1 aliphatic rings. The highest BCUT2D eigenvalue weighted by molar-refractivity contribution is 7.90. The van der Waals surface area contributed by atoms with E-state index in [2.05, 4.69) is 21.1 Å². The molecule has 0 aliphatic carbocycles. The number of nitriles is 1. The number of rotatable bonds is 5. The molecule has 4 rings (SSSR count). The summed E-state index contributed by atoms with van der Waals surface area (Å²) >= 11 is 0. The summed E-state index contributed by atoms with van der Waals surface area (Å²) in [5.41, 5.74) is 2.56. The van der Waals surface area contributed by atoms with E-state index in [0.717, 1.165) is 43.6 Å². The van der Waals surface area contributed by atoms with Crippen LogP contribution in [0.4, 0.5) is 0 Å². The standard InChI is InChI=1S/C22H22N4O3S/c1-30(27,28)20-7-5-18(6-8-20)21-24-22(29-25-21)19-9-11-26(12-10-19)15-17-4-2-3-16(13-17)14-23/h2-8,13,19H,9-12,15H2,1H3. The van der Waals surface area contributed by atoms with Crippen molar-refractivity contribution in [3.8, 4) is 17.5 Å². The summed E-state index contributed by atoms with van der Waals surface area (Å²) in [6, 6.07) is 16.4. The van der Waals surface area contributed by atoms with Gasteiger partial charge in [-0.25, -0.2) is 8.42 Å². The lowest BCUT2D eigenvalue weighted by molar-refractivity contribution is 0.187. The first-order valence-electron chi connectivity index (χ1n) is 9.78. The number of hydrogen-bond donors (Lipinski definition) is 0. The molecule has 0 atom stereocenters. The van der Waals surface area contributed by atoms with Crippen molar-refractivity contribution in [2.24, 2.45) is 0 Å². The summed E-state index contributed by atoms with van der Waals surface area (Å²) in [7, 11) is -3.23. The van der Waals surface area contributed by atoms with Gasteiger partial charge in [-0.1, -0.05) is 17.3 Å². The molecule has 2 heterocycles. The summed E-state index contributed by atoms with van der Waals surface area (Å²) in [6.07, 6.45) is 3.03. The zero-order valence-corrected chi connectivity index (χ0v) is 17.5. The van der Waals surface area contributed by atoms with Gasteiger partial charge in [0.15, 0.2) is 9.84 Å². The van der Waals surface area contributed by atoms with Crippen molar-refractivity contribution >= 4 is 9.84 Å². The van der Waals surface area contributed by atoms with Gasteiger partial charge in [0.2, 0.25) is 11.7 Å². The predicted molar refractivity (Wildman–Crippen MR) is 111 cm³/mol. The molecular weight excluding hydrogens is 400 g/mol. The maximum atomic E-state index is 11.6. The van der Waals surface area contributed by atoms with Gasteiger partial charge >= 0.3 is 0 Å². The van der Waals surface area contributed by atoms with Crippen LogP contribution >= 0.6 is 0 Å². The van der Waals surface area contributed by atoms with Crippen LogP contribution < -0.4 is 0 Å². The highest BCUT2D eigenvalue weighted by atomic mass is 32.2. The average molecular weight is 423 g/mol. The second-order valence-electron chi connectivity index (χ2n) is 7.62. The Hall–Kier alpha value is -3.02. The van der Waals surface area contributed by atoms with Crippen LogP contribution in [0, 0.1) is 11.3 Å². The van der Waals surface area contributed by atoms with Gasteiger partial charge in [-0.3, -0.25) is 4.90 Å². The second kappa shape index (κ2) is 8.38. The lowest BCUT2D eigenvalue weighted by Gasteiger charge is -2.30. The number of nitrogens with zero attached hydrogens (tertiary/aromatic N) is 4. The molecule has 0 spiro atoms. The largest absolute Gasteiger partial charge is 0.339 e. The number of likely N-dealkylation sites (tertiary alicyclic amines) is 1. The molecule has 8 heteroatoms. The number of benzene rings is 2. The van der Waals surface area contributed by atoms with Crippen LogP contribution in [0.5, 0.6) is 0 Å². The number of piperidine rings is 1. The Morgan fingerprint density at radius 1 is 1.17 bits per heavy atom. The Morgan fingerprint density at radius 3 is 2.57 bits per heavy atom. The quantitative estimate of drug-likeness (QED) is 0.621. The van der Waals surface area contributed by atoms with Crippen LogP contribution in [0.1, 0.15) is 35.8 Å². The van der Waals surface area contributed by atoms with Crippen molar-refractivity contribution in [1.82, 2.24) is 15.0 Å². The monoisotopic (exact) mass is 422 g/mol. The molecule has 0 saturated carbocycles. The van der Waals surface area contributed by atoms with Crippen LogP contribution in [0.2, 0.25) is 0 Å². The molecular formula is C22H22N4O3S. The fraction of sp³-hybridized carbons (Fsp3) is 0.318. The summed E-state index contributed by atoms with van der Waals surface area (Å²) in [4.78, 5) is 7.18. The molecule has 2 aromatic carbocycles. The van der Waals surface area contributed by atoms with E-state index in [-0.39, 0.29) is 10.8 Å². The Labute approximate surface area is 175 Å². The van der Waals surface area contributed by atoms with E-state index in [1.54, 1.807) is 24.3 Å². The van der Waals surface area contributed by atoms with E-state index >= 15 is 0 Å². The zero-order valence-electron chi connectivity index (χ0n) is 16.7. The molecule has 0 radical (unpaired) electrons. The van der Waals surface area contributed by atoms with Crippen LogP contribution in [0.3, 0.4) is 0 Å². The average Bonchev–Trinajstić information content (AvgIpc) is 3.24. The van der Waals surface area contributed by atoms with E-state index in [1.165, 1.54) is 6.26 Å². The Morgan fingerprint density at radius 2 is 1.90 bits per heavy atom. The summed E-state index contributed by atoms with van der Waals surface area (Å²) in [5.74, 6) is 1.31. The molecule has 154 valence electrons. The molecule has 0 amide bonds. The highest BCUT2D eigenvalue weighted by Gasteiger charge is 2.25. The lowest BCUT2D eigenvalue weighted by Crippen LogP contribution is -2.32. The van der Waals surface area contributed by atoms with E-state index in [9.17, 15) is 8.42 Å². The fourth-order valence-electron chi connectivity index (χ4n) is 3.70. The van der Waals surface area contributed by atoms with Gasteiger partial charge in [-0.2, -0.15) is 10.2 Å². The van der Waals surface area contributed by atoms with Gasteiger partial charge in [0.25, 0.3) is 0 Å². The Kier molecular flexibility index (Phi) is 5.66. The first-order valence-corrected chi connectivity index (χ1v) is 11.7. The van der Waals surface area contributed by atoms with Crippen molar-refractivity contribution in [2.45, 2.75) is 30.2 Å². The number of aromatic nitrogens is 2. The van der Waals surface area contributed by atoms with Gasteiger partial charge in [0, 0.05) is 24.3 Å².